The van der Waals surface area contributed by atoms with Gasteiger partial charge >= 0.3 is 6.18 Å². The van der Waals surface area contributed by atoms with E-state index in [1.165, 1.54) is 0 Å². The summed E-state index contributed by atoms with van der Waals surface area (Å²) in [5, 5.41) is 7.05. The largest absolute Gasteiger partial charge is 0.456 e. The Balaban J connectivity index is 2.42. The predicted octanol–water partition coefficient (Wildman–Crippen LogP) is 3.43. The number of rotatable bonds is 2. The first kappa shape index (κ1) is 14.0. The van der Waals surface area contributed by atoms with Crippen LogP contribution in [0, 0.1) is 0 Å². The maximum atomic E-state index is 12.2. The van der Waals surface area contributed by atoms with Crippen molar-refractivity contribution in [3.63, 3.8) is 0 Å². The van der Waals surface area contributed by atoms with Crippen LogP contribution in [0.1, 0.15) is 10.5 Å². The molecule has 0 aliphatic carbocycles. The van der Waals surface area contributed by atoms with Gasteiger partial charge in [-0.05, 0) is 28.1 Å². The molecular formula is C10H4BrClF3N3O. The Kier molecular flexibility index (Phi) is 3.64. The fourth-order valence-corrected chi connectivity index (χ4v) is 1.92. The first-order valence-electron chi connectivity index (χ1n) is 4.79. The highest BCUT2D eigenvalue weighted by atomic mass is 79.9. The first-order valence-corrected chi connectivity index (χ1v) is 5.96. The molecule has 0 aliphatic rings. The van der Waals surface area contributed by atoms with Gasteiger partial charge in [-0.3, -0.25) is 4.79 Å². The lowest BCUT2D eigenvalue weighted by Crippen LogP contribution is -2.23. The molecule has 0 bridgehead atoms. The molecule has 1 heterocycles. The Hall–Kier alpha value is -1.41. The number of carbonyl (C=O) groups is 1. The fourth-order valence-electron chi connectivity index (χ4n) is 1.30. The van der Waals surface area contributed by atoms with Gasteiger partial charge in [-0.2, -0.15) is 13.2 Å². The summed E-state index contributed by atoms with van der Waals surface area (Å²) < 4.78 is 38.2. The number of alkyl halides is 3. The van der Waals surface area contributed by atoms with E-state index in [9.17, 15) is 18.0 Å². The summed E-state index contributed by atoms with van der Waals surface area (Å²) in [7, 11) is 0. The quantitative estimate of drug-likeness (QED) is 0.776. The SMILES string of the molecule is O=C(c1cn(-c2cccc(Cl)c2Br)nn1)C(F)(F)F. The Morgan fingerprint density at radius 2 is 2.05 bits per heavy atom. The lowest BCUT2D eigenvalue weighted by molar-refractivity contribution is -0.0888. The lowest BCUT2D eigenvalue weighted by Gasteiger charge is -2.04. The molecule has 0 fully saturated rings. The molecule has 0 radical (unpaired) electrons. The minimum absolute atomic E-state index is 0.358. The maximum absolute atomic E-state index is 12.2. The van der Waals surface area contributed by atoms with Crippen molar-refractivity contribution in [1.82, 2.24) is 15.0 Å². The number of ketones is 1. The fraction of sp³-hybridized carbons (Fsp3) is 0.100. The molecule has 4 nitrogen and oxygen atoms in total. The van der Waals surface area contributed by atoms with Crippen LogP contribution in [0.4, 0.5) is 13.2 Å². The zero-order valence-electron chi connectivity index (χ0n) is 8.95. The van der Waals surface area contributed by atoms with Crippen molar-refractivity contribution in [3.8, 4) is 5.69 Å². The van der Waals surface area contributed by atoms with Crippen LogP contribution in [-0.2, 0) is 0 Å². The van der Waals surface area contributed by atoms with E-state index in [0.29, 0.717) is 15.2 Å². The molecular weight excluding hydrogens is 350 g/mol. The predicted molar refractivity (Wildman–Crippen MR) is 64.5 cm³/mol. The van der Waals surface area contributed by atoms with E-state index in [4.69, 9.17) is 11.6 Å². The molecule has 0 atom stereocenters. The molecule has 0 saturated carbocycles. The molecule has 1 aromatic heterocycles. The van der Waals surface area contributed by atoms with Crippen LogP contribution in [0.2, 0.25) is 5.02 Å². The number of carbonyl (C=O) groups excluding carboxylic acids is 1. The van der Waals surface area contributed by atoms with Crippen LogP contribution in [0.3, 0.4) is 0 Å². The topological polar surface area (TPSA) is 47.8 Å². The number of benzene rings is 1. The van der Waals surface area contributed by atoms with Crippen molar-refractivity contribution in [2.75, 3.05) is 0 Å². The molecule has 0 N–H and O–H groups in total. The van der Waals surface area contributed by atoms with Crippen LogP contribution in [0.5, 0.6) is 0 Å². The summed E-state index contributed by atoms with van der Waals surface area (Å²) in [5.74, 6) is -2.04. The van der Waals surface area contributed by atoms with E-state index in [2.05, 4.69) is 26.2 Å². The number of halogens is 5. The van der Waals surface area contributed by atoms with Crippen molar-refractivity contribution >= 4 is 33.3 Å². The lowest BCUT2D eigenvalue weighted by atomic mass is 10.3. The van der Waals surface area contributed by atoms with E-state index in [1.807, 2.05) is 0 Å². The third kappa shape index (κ3) is 2.79. The van der Waals surface area contributed by atoms with Crippen molar-refractivity contribution < 1.29 is 18.0 Å². The molecule has 0 unspecified atom stereocenters. The summed E-state index contributed by atoms with van der Waals surface area (Å²) in [6.45, 7) is 0. The van der Waals surface area contributed by atoms with Gasteiger partial charge in [-0.15, -0.1) is 5.10 Å². The molecule has 2 aromatic rings. The molecule has 1 aromatic carbocycles. The van der Waals surface area contributed by atoms with Crippen LogP contribution < -0.4 is 0 Å². The highest BCUT2D eigenvalue weighted by Crippen LogP contribution is 2.29. The summed E-state index contributed by atoms with van der Waals surface area (Å²) in [6, 6.07) is 4.75. The number of hydrogen-bond acceptors (Lipinski definition) is 3. The van der Waals surface area contributed by atoms with Gasteiger partial charge in [0, 0.05) is 0 Å². The molecule has 0 spiro atoms. The number of Topliss-reactive ketones (excluding diaryl/α,β-unsaturated/α-hetero) is 1. The van der Waals surface area contributed by atoms with Gasteiger partial charge in [-0.1, -0.05) is 22.9 Å². The Labute approximate surface area is 118 Å². The first-order chi connectivity index (χ1) is 8.80. The second-order valence-electron chi connectivity index (χ2n) is 3.45. The third-order valence-electron chi connectivity index (χ3n) is 2.16. The van der Waals surface area contributed by atoms with E-state index in [1.54, 1.807) is 18.2 Å². The molecule has 9 heteroatoms. The highest BCUT2D eigenvalue weighted by molar-refractivity contribution is 9.10. The standard InChI is InChI=1S/C10H4BrClF3N3O/c11-8-5(12)2-1-3-7(8)18-4-6(16-17-18)9(19)10(13,14)15/h1-4H. The molecule has 2 rings (SSSR count). The van der Waals surface area contributed by atoms with Crippen molar-refractivity contribution in [2.24, 2.45) is 0 Å². The number of nitrogens with zero attached hydrogens (tertiary/aromatic N) is 3. The summed E-state index contributed by atoms with van der Waals surface area (Å²) in [4.78, 5) is 11.0. The van der Waals surface area contributed by atoms with Crippen LogP contribution in [-0.4, -0.2) is 27.0 Å². The van der Waals surface area contributed by atoms with Gasteiger partial charge in [0.2, 0.25) is 0 Å². The van der Waals surface area contributed by atoms with Crippen LogP contribution >= 0.6 is 27.5 Å². The minimum atomic E-state index is -4.98. The van der Waals surface area contributed by atoms with Crippen molar-refractivity contribution in [1.29, 1.82) is 0 Å². The van der Waals surface area contributed by atoms with Gasteiger partial charge in [0.15, 0.2) is 5.69 Å². The number of hydrogen-bond donors (Lipinski definition) is 0. The van der Waals surface area contributed by atoms with Gasteiger partial charge < -0.3 is 0 Å². The minimum Gasteiger partial charge on any atom is -0.282 e. The molecule has 100 valence electrons. The van der Waals surface area contributed by atoms with Gasteiger partial charge in [-0.25, -0.2) is 4.68 Å². The summed E-state index contributed by atoms with van der Waals surface area (Å²) in [5.41, 5.74) is -0.402. The van der Waals surface area contributed by atoms with Crippen molar-refractivity contribution in [3.05, 3.63) is 39.6 Å². The van der Waals surface area contributed by atoms with Crippen LogP contribution in [0.15, 0.2) is 28.9 Å². The second kappa shape index (κ2) is 4.93. The molecule has 0 saturated heterocycles. The summed E-state index contributed by atoms with van der Waals surface area (Å²) in [6.07, 6.45) is -4.08. The van der Waals surface area contributed by atoms with Gasteiger partial charge in [0.05, 0.1) is 21.4 Å². The van der Waals surface area contributed by atoms with Gasteiger partial charge in [0.25, 0.3) is 5.78 Å². The zero-order valence-corrected chi connectivity index (χ0v) is 11.3. The van der Waals surface area contributed by atoms with Crippen molar-refractivity contribution in [2.45, 2.75) is 6.18 Å². The van der Waals surface area contributed by atoms with E-state index >= 15 is 0 Å². The number of aromatic nitrogens is 3. The van der Waals surface area contributed by atoms with E-state index in [-0.39, 0.29) is 0 Å². The maximum Gasteiger partial charge on any atom is 0.456 e. The van der Waals surface area contributed by atoms with Crippen LogP contribution in [0.25, 0.3) is 5.69 Å². The normalized spacial score (nSPS) is 11.6. The Morgan fingerprint density at radius 3 is 2.68 bits per heavy atom. The Morgan fingerprint density at radius 1 is 1.37 bits per heavy atom. The van der Waals surface area contributed by atoms with E-state index in [0.717, 1.165) is 10.9 Å². The Bertz CT molecular complexity index is 641. The third-order valence-corrected chi connectivity index (χ3v) is 3.54. The zero-order chi connectivity index (χ0) is 14.2. The average Bonchev–Trinajstić information content (AvgIpc) is 2.79. The van der Waals surface area contributed by atoms with E-state index < -0.39 is 17.7 Å². The monoisotopic (exact) mass is 353 g/mol. The highest BCUT2D eigenvalue weighted by Gasteiger charge is 2.41. The van der Waals surface area contributed by atoms with Gasteiger partial charge in [0.1, 0.15) is 0 Å². The second-order valence-corrected chi connectivity index (χ2v) is 4.65. The smallest absolute Gasteiger partial charge is 0.282 e. The average molecular weight is 355 g/mol. The molecule has 0 amide bonds. The molecule has 0 aliphatic heterocycles. The summed E-state index contributed by atoms with van der Waals surface area (Å²) >= 11 is 9.03. The molecule has 19 heavy (non-hydrogen) atoms.